The van der Waals surface area contributed by atoms with Crippen molar-refractivity contribution in [1.29, 1.82) is 0 Å². The van der Waals surface area contributed by atoms with Gasteiger partial charge in [-0.1, -0.05) is 17.7 Å². The van der Waals surface area contributed by atoms with Crippen LogP contribution >= 0.6 is 11.6 Å². The Bertz CT molecular complexity index is 710. The molecule has 2 N–H and O–H groups in total. The molecule has 0 saturated carbocycles. The zero-order valence-electron chi connectivity index (χ0n) is 14.4. The molecule has 0 saturated heterocycles. The number of likely N-dealkylation sites (N-methyl/N-ethyl adjacent to an activating group) is 1. The fourth-order valence-electron chi connectivity index (χ4n) is 2.21. The summed E-state index contributed by atoms with van der Waals surface area (Å²) in [5.41, 5.74) is 3.13. The summed E-state index contributed by atoms with van der Waals surface area (Å²) in [6.45, 7) is 5.26. The average molecular weight is 348 g/mol. The highest BCUT2D eigenvalue weighted by Gasteiger charge is 2.11. The summed E-state index contributed by atoms with van der Waals surface area (Å²) in [4.78, 5) is 22.6. The van der Waals surface area contributed by atoms with Crippen LogP contribution in [0.4, 0.5) is 11.6 Å². The first-order valence-electron chi connectivity index (χ1n) is 7.66. The van der Waals surface area contributed by atoms with E-state index in [0.717, 1.165) is 23.4 Å². The van der Waals surface area contributed by atoms with Crippen LogP contribution in [0.2, 0.25) is 5.02 Å². The summed E-state index contributed by atoms with van der Waals surface area (Å²) < 4.78 is 0. The summed E-state index contributed by atoms with van der Waals surface area (Å²) in [6.07, 6.45) is 1.55. The lowest BCUT2D eigenvalue weighted by Gasteiger charge is -2.12. The van der Waals surface area contributed by atoms with Gasteiger partial charge in [-0.15, -0.1) is 0 Å². The number of nitrogens with one attached hydrogen (secondary N) is 2. The van der Waals surface area contributed by atoms with Gasteiger partial charge in [0.2, 0.25) is 5.95 Å². The molecule has 0 atom stereocenters. The zero-order chi connectivity index (χ0) is 17.7. The van der Waals surface area contributed by atoms with Gasteiger partial charge in [0, 0.05) is 19.3 Å². The first kappa shape index (κ1) is 18.2. The number of carbonyl (C=O) groups excluding carboxylic acids is 1. The molecule has 2 rings (SSSR count). The minimum atomic E-state index is -0.228. The van der Waals surface area contributed by atoms with Gasteiger partial charge >= 0.3 is 0 Å². The van der Waals surface area contributed by atoms with E-state index in [4.69, 9.17) is 11.6 Å². The van der Waals surface area contributed by atoms with Gasteiger partial charge in [-0.05, 0) is 51.2 Å². The second kappa shape index (κ2) is 8.08. The molecule has 0 fully saturated rings. The number of halogens is 1. The van der Waals surface area contributed by atoms with Gasteiger partial charge in [-0.25, -0.2) is 9.97 Å². The third-order valence-corrected chi connectivity index (χ3v) is 3.70. The minimum absolute atomic E-state index is 0.228. The Hall–Kier alpha value is -2.18. The fraction of sp³-hybridized carbons (Fsp3) is 0.353. The van der Waals surface area contributed by atoms with Crippen molar-refractivity contribution in [3.05, 3.63) is 46.2 Å². The lowest BCUT2D eigenvalue weighted by atomic mass is 10.1. The van der Waals surface area contributed by atoms with E-state index in [0.29, 0.717) is 23.2 Å². The van der Waals surface area contributed by atoms with Gasteiger partial charge in [-0.2, -0.15) is 0 Å². The van der Waals surface area contributed by atoms with Crippen molar-refractivity contribution in [2.45, 2.75) is 13.8 Å². The number of rotatable bonds is 6. The molecular weight excluding hydrogens is 326 g/mol. The number of hydrogen-bond acceptors (Lipinski definition) is 5. The smallest absolute Gasteiger partial charge is 0.270 e. The summed E-state index contributed by atoms with van der Waals surface area (Å²) >= 11 is 6.28. The molecule has 0 unspecified atom stereocenters. The molecule has 0 aliphatic carbocycles. The van der Waals surface area contributed by atoms with Crippen molar-refractivity contribution in [2.24, 2.45) is 0 Å². The van der Waals surface area contributed by atoms with E-state index in [1.54, 1.807) is 12.3 Å². The Kier molecular flexibility index (Phi) is 6.11. The molecular formula is C17H22ClN5O. The van der Waals surface area contributed by atoms with Crippen molar-refractivity contribution in [1.82, 2.24) is 20.2 Å². The molecule has 6 nitrogen and oxygen atoms in total. The number of amides is 1. The summed E-state index contributed by atoms with van der Waals surface area (Å²) in [5, 5.41) is 6.52. The van der Waals surface area contributed by atoms with Crippen LogP contribution in [-0.4, -0.2) is 48.0 Å². The van der Waals surface area contributed by atoms with Crippen molar-refractivity contribution in [3.63, 3.8) is 0 Å². The molecule has 0 bridgehead atoms. The maximum atomic E-state index is 12.1. The van der Waals surface area contributed by atoms with Crippen molar-refractivity contribution in [2.75, 3.05) is 32.5 Å². The quantitative estimate of drug-likeness (QED) is 0.840. The normalized spacial score (nSPS) is 10.8. The van der Waals surface area contributed by atoms with Gasteiger partial charge in [-0.3, -0.25) is 4.79 Å². The molecule has 128 valence electrons. The van der Waals surface area contributed by atoms with Crippen LogP contribution in [0.1, 0.15) is 21.6 Å². The number of benzene rings is 1. The predicted molar refractivity (Wildman–Crippen MR) is 97.1 cm³/mol. The van der Waals surface area contributed by atoms with Crippen molar-refractivity contribution >= 4 is 29.1 Å². The first-order chi connectivity index (χ1) is 11.4. The number of anilines is 2. The SMILES string of the molecule is Cc1cc(C)c(Nc2nccc(C(=O)NCCN(C)C)n2)c(Cl)c1. The Morgan fingerprint density at radius 1 is 1.29 bits per heavy atom. The average Bonchev–Trinajstić information content (AvgIpc) is 2.50. The zero-order valence-corrected chi connectivity index (χ0v) is 15.1. The molecule has 0 radical (unpaired) electrons. The van der Waals surface area contributed by atoms with Gasteiger partial charge in [0.15, 0.2) is 0 Å². The molecule has 0 aliphatic rings. The van der Waals surface area contributed by atoms with E-state index in [-0.39, 0.29) is 5.91 Å². The van der Waals surface area contributed by atoms with Crippen molar-refractivity contribution in [3.8, 4) is 0 Å². The number of aryl methyl sites for hydroxylation is 2. The van der Waals surface area contributed by atoms with Crippen LogP contribution in [0, 0.1) is 13.8 Å². The van der Waals surface area contributed by atoms with Gasteiger partial charge in [0.25, 0.3) is 5.91 Å². The number of aromatic nitrogens is 2. The molecule has 24 heavy (non-hydrogen) atoms. The standard InChI is InChI=1S/C17H22ClN5O/c1-11-9-12(2)15(13(18)10-11)22-17-20-6-5-14(21-17)16(24)19-7-8-23(3)4/h5-6,9-10H,7-8H2,1-4H3,(H,19,24)(H,20,21,22). The summed E-state index contributed by atoms with van der Waals surface area (Å²) in [6, 6.07) is 5.47. The van der Waals surface area contributed by atoms with E-state index in [1.165, 1.54) is 0 Å². The summed E-state index contributed by atoms with van der Waals surface area (Å²) in [7, 11) is 3.90. The van der Waals surface area contributed by atoms with Gasteiger partial charge < -0.3 is 15.5 Å². The monoisotopic (exact) mass is 347 g/mol. The Balaban J connectivity index is 2.12. The molecule has 1 amide bonds. The second-order valence-corrected chi connectivity index (χ2v) is 6.30. The summed E-state index contributed by atoms with van der Waals surface area (Å²) in [5.74, 6) is 0.109. The number of carbonyl (C=O) groups is 1. The van der Waals surface area contributed by atoms with E-state index >= 15 is 0 Å². The first-order valence-corrected chi connectivity index (χ1v) is 8.04. The van der Waals surface area contributed by atoms with Crippen LogP contribution in [-0.2, 0) is 0 Å². The molecule has 1 heterocycles. The second-order valence-electron chi connectivity index (χ2n) is 5.89. The fourth-order valence-corrected chi connectivity index (χ4v) is 2.58. The number of nitrogens with zero attached hydrogens (tertiary/aromatic N) is 3. The third-order valence-electron chi connectivity index (χ3n) is 3.40. The molecule has 1 aromatic carbocycles. The molecule has 0 spiro atoms. The van der Waals surface area contributed by atoms with Gasteiger partial charge in [0.05, 0.1) is 10.7 Å². The van der Waals surface area contributed by atoms with Crippen molar-refractivity contribution < 1.29 is 4.79 Å². The maximum Gasteiger partial charge on any atom is 0.270 e. The lowest BCUT2D eigenvalue weighted by molar-refractivity contribution is 0.0946. The number of hydrogen-bond donors (Lipinski definition) is 2. The maximum absolute atomic E-state index is 12.1. The van der Waals surface area contributed by atoms with Crippen LogP contribution in [0.25, 0.3) is 0 Å². The van der Waals surface area contributed by atoms with Crippen LogP contribution in [0.3, 0.4) is 0 Å². The predicted octanol–water partition coefficient (Wildman–Crippen LogP) is 2.78. The van der Waals surface area contributed by atoms with E-state index in [9.17, 15) is 4.79 Å². The highest BCUT2D eigenvalue weighted by molar-refractivity contribution is 6.33. The Morgan fingerprint density at radius 3 is 2.71 bits per heavy atom. The van der Waals surface area contributed by atoms with Crippen LogP contribution in [0.5, 0.6) is 0 Å². The topological polar surface area (TPSA) is 70.2 Å². The highest BCUT2D eigenvalue weighted by atomic mass is 35.5. The lowest BCUT2D eigenvalue weighted by Crippen LogP contribution is -2.31. The third kappa shape index (κ3) is 4.91. The van der Waals surface area contributed by atoms with Crippen LogP contribution in [0.15, 0.2) is 24.4 Å². The van der Waals surface area contributed by atoms with Crippen LogP contribution < -0.4 is 10.6 Å². The highest BCUT2D eigenvalue weighted by Crippen LogP contribution is 2.29. The minimum Gasteiger partial charge on any atom is -0.349 e. The van der Waals surface area contributed by atoms with E-state index < -0.39 is 0 Å². The Labute approximate surface area is 147 Å². The Morgan fingerprint density at radius 2 is 2.04 bits per heavy atom. The molecule has 2 aromatic rings. The van der Waals surface area contributed by atoms with E-state index in [2.05, 4.69) is 20.6 Å². The van der Waals surface area contributed by atoms with Gasteiger partial charge in [0.1, 0.15) is 5.69 Å². The molecule has 1 aromatic heterocycles. The molecule has 7 heteroatoms. The van der Waals surface area contributed by atoms with E-state index in [1.807, 2.05) is 45.0 Å². The molecule has 0 aliphatic heterocycles. The largest absolute Gasteiger partial charge is 0.349 e.